The van der Waals surface area contributed by atoms with Gasteiger partial charge in [0.05, 0.1) is 12.6 Å². The number of hydrogen-bond donors (Lipinski definition) is 1. The van der Waals surface area contributed by atoms with E-state index in [0.717, 1.165) is 17.0 Å². The molecular weight excluding hydrogens is 230 g/mol. The molecule has 2 amide bonds. The summed E-state index contributed by atoms with van der Waals surface area (Å²) in [6.07, 6.45) is 3.44. The first kappa shape index (κ1) is 9.61. The second-order valence-electron chi connectivity index (χ2n) is 3.77. The molecule has 0 aromatic carbocycles. The van der Waals surface area contributed by atoms with Gasteiger partial charge in [0.15, 0.2) is 0 Å². The first-order chi connectivity index (χ1) is 7.66. The molecule has 1 aromatic heterocycles. The highest BCUT2D eigenvalue weighted by molar-refractivity contribution is 7.07. The Labute approximate surface area is 94.6 Å². The predicted molar refractivity (Wildman–Crippen MR) is 57.2 cm³/mol. The van der Waals surface area contributed by atoms with Crippen molar-refractivity contribution in [3.8, 4) is 0 Å². The van der Waals surface area contributed by atoms with Gasteiger partial charge in [0.1, 0.15) is 0 Å². The Bertz CT molecular complexity index is 532. The summed E-state index contributed by atoms with van der Waals surface area (Å²) >= 11 is 1.11. The van der Waals surface area contributed by atoms with Crippen LogP contribution in [0.15, 0.2) is 22.4 Å². The molecule has 2 bridgehead atoms. The zero-order valence-corrected chi connectivity index (χ0v) is 9.05. The molecule has 1 saturated heterocycles. The molecule has 3 heterocycles. The number of amides is 2. The number of hydroxylamine groups is 2. The van der Waals surface area contributed by atoms with Gasteiger partial charge in [-0.05, 0) is 6.08 Å². The molecule has 1 aromatic rings. The average Bonchev–Trinajstić information content (AvgIpc) is 2.79. The van der Waals surface area contributed by atoms with Crippen LogP contribution in [-0.4, -0.2) is 44.9 Å². The highest BCUT2D eigenvalue weighted by Crippen LogP contribution is 2.24. The first-order valence-corrected chi connectivity index (χ1v) is 5.69. The van der Waals surface area contributed by atoms with Crippen LogP contribution in [0.1, 0.15) is 0 Å². The van der Waals surface area contributed by atoms with Crippen molar-refractivity contribution in [3.05, 3.63) is 27.3 Å². The van der Waals surface area contributed by atoms with E-state index < -0.39 is 6.03 Å². The summed E-state index contributed by atoms with van der Waals surface area (Å²) in [5.41, 5.74) is 0.743. The summed E-state index contributed by atoms with van der Waals surface area (Å²) in [6, 6.07) is -0.748. The fraction of sp³-hybridized carbons (Fsp3) is 0.333. The third-order valence-corrected chi connectivity index (χ3v) is 3.47. The van der Waals surface area contributed by atoms with Gasteiger partial charge in [-0.3, -0.25) is 14.6 Å². The van der Waals surface area contributed by atoms with Gasteiger partial charge < -0.3 is 4.90 Å². The monoisotopic (exact) mass is 239 g/mol. The molecule has 1 fully saturated rings. The lowest BCUT2D eigenvalue weighted by molar-refractivity contribution is -0.0450. The van der Waals surface area contributed by atoms with E-state index in [1.54, 1.807) is 17.7 Å². The number of thiazole rings is 1. The van der Waals surface area contributed by atoms with Gasteiger partial charge in [0.2, 0.25) is 0 Å². The van der Waals surface area contributed by atoms with Gasteiger partial charge in [0, 0.05) is 23.8 Å². The number of carbonyl (C=O) groups is 1. The molecule has 1 atom stereocenters. The summed E-state index contributed by atoms with van der Waals surface area (Å²) in [6.45, 7) is 0.848. The van der Waals surface area contributed by atoms with Crippen LogP contribution in [0.5, 0.6) is 0 Å². The van der Waals surface area contributed by atoms with Crippen LogP contribution in [0.4, 0.5) is 4.79 Å². The Kier molecular flexibility index (Phi) is 1.92. The average molecular weight is 239 g/mol. The number of fused-ring (bicyclic) bond motifs is 2. The van der Waals surface area contributed by atoms with Gasteiger partial charge in [-0.15, -0.1) is 0 Å². The lowest BCUT2D eigenvalue weighted by atomic mass is 10.2. The minimum Gasteiger partial charge on any atom is -0.315 e. The number of carbonyl (C=O) groups excluding carboxylic acids is 1. The Morgan fingerprint density at radius 3 is 2.88 bits per heavy atom. The SMILES string of the molecule is O=C1N2CC(n3ccsc3=O)=CC(C2)N1O. The molecule has 6 nitrogen and oxygen atoms in total. The zero-order valence-electron chi connectivity index (χ0n) is 8.24. The van der Waals surface area contributed by atoms with Crippen molar-refractivity contribution < 1.29 is 10.0 Å². The number of hydrogen-bond acceptors (Lipinski definition) is 4. The maximum atomic E-state index is 11.5. The van der Waals surface area contributed by atoms with Gasteiger partial charge in [0.25, 0.3) is 0 Å². The molecule has 0 spiro atoms. The molecule has 1 unspecified atom stereocenters. The number of urea groups is 1. The minimum atomic E-state index is -0.403. The third-order valence-electron chi connectivity index (χ3n) is 2.81. The van der Waals surface area contributed by atoms with Crippen LogP contribution in [-0.2, 0) is 0 Å². The van der Waals surface area contributed by atoms with E-state index in [0.29, 0.717) is 18.2 Å². The maximum absolute atomic E-state index is 11.5. The predicted octanol–water partition coefficient (Wildman–Crippen LogP) is 0.260. The van der Waals surface area contributed by atoms with Crippen LogP contribution in [0.2, 0.25) is 0 Å². The first-order valence-electron chi connectivity index (χ1n) is 4.81. The molecule has 7 heteroatoms. The highest BCUT2D eigenvalue weighted by atomic mass is 32.1. The second-order valence-corrected chi connectivity index (χ2v) is 4.63. The third kappa shape index (κ3) is 1.22. The second kappa shape index (κ2) is 3.19. The zero-order chi connectivity index (χ0) is 11.3. The van der Waals surface area contributed by atoms with Gasteiger partial charge in [-0.2, -0.15) is 5.06 Å². The Morgan fingerprint density at radius 1 is 1.44 bits per heavy atom. The number of aromatic nitrogens is 1. The van der Waals surface area contributed by atoms with E-state index in [2.05, 4.69) is 0 Å². The van der Waals surface area contributed by atoms with E-state index in [1.165, 1.54) is 9.47 Å². The Morgan fingerprint density at radius 2 is 2.25 bits per heavy atom. The molecular formula is C9H9N3O3S. The molecule has 3 rings (SSSR count). The molecule has 0 radical (unpaired) electrons. The van der Waals surface area contributed by atoms with Gasteiger partial charge in [-0.1, -0.05) is 11.3 Å². The number of rotatable bonds is 1. The van der Waals surface area contributed by atoms with Crippen molar-refractivity contribution in [3.63, 3.8) is 0 Å². The topological polar surface area (TPSA) is 65.8 Å². The molecule has 2 aliphatic rings. The van der Waals surface area contributed by atoms with Crippen LogP contribution in [0.3, 0.4) is 0 Å². The van der Waals surface area contributed by atoms with Crippen LogP contribution >= 0.6 is 11.3 Å². The summed E-state index contributed by atoms with van der Waals surface area (Å²) in [5.74, 6) is 0. The summed E-state index contributed by atoms with van der Waals surface area (Å²) in [4.78, 5) is 24.4. The molecule has 0 saturated carbocycles. The lowest BCUT2D eigenvalue weighted by Crippen LogP contribution is -2.33. The van der Waals surface area contributed by atoms with Crippen molar-refractivity contribution in [1.82, 2.24) is 14.5 Å². The minimum absolute atomic E-state index is 0.0781. The summed E-state index contributed by atoms with van der Waals surface area (Å²) in [5, 5.41) is 11.9. The van der Waals surface area contributed by atoms with Crippen LogP contribution in [0.25, 0.3) is 5.70 Å². The van der Waals surface area contributed by atoms with E-state index in [1.807, 2.05) is 0 Å². The van der Waals surface area contributed by atoms with Crippen molar-refractivity contribution >= 4 is 23.1 Å². The standard InChI is InChI=1S/C9H9N3O3S/c13-8-10-4-6(3-7(5-10)12(8)15)11-1-2-16-9(11)14/h1-3,7,15H,4-5H2. The van der Waals surface area contributed by atoms with Crippen molar-refractivity contribution in [1.29, 1.82) is 0 Å². The quantitative estimate of drug-likeness (QED) is 0.715. The van der Waals surface area contributed by atoms with E-state index in [9.17, 15) is 14.8 Å². The van der Waals surface area contributed by atoms with Gasteiger partial charge >= 0.3 is 10.9 Å². The van der Waals surface area contributed by atoms with Crippen molar-refractivity contribution in [2.24, 2.45) is 0 Å². The normalized spacial score (nSPS) is 23.9. The fourth-order valence-corrected chi connectivity index (χ4v) is 2.62. The number of nitrogens with zero attached hydrogens (tertiary/aromatic N) is 3. The smallest absolute Gasteiger partial charge is 0.315 e. The highest BCUT2D eigenvalue weighted by Gasteiger charge is 2.39. The molecule has 16 heavy (non-hydrogen) atoms. The van der Waals surface area contributed by atoms with Gasteiger partial charge in [-0.25, -0.2) is 4.79 Å². The molecule has 84 valence electrons. The van der Waals surface area contributed by atoms with Crippen LogP contribution in [0, 0.1) is 0 Å². The Balaban J connectivity index is 2.02. The lowest BCUT2D eigenvalue weighted by Gasteiger charge is -2.20. The summed E-state index contributed by atoms with van der Waals surface area (Å²) in [7, 11) is 0. The summed E-state index contributed by atoms with van der Waals surface area (Å²) < 4.78 is 1.51. The van der Waals surface area contributed by atoms with E-state index in [4.69, 9.17) is 0 Å². The van der Waals surface area contributed by atoms with E-state index >= 15 is 0 Å². The van der Waals surface area contributed by atoms with E-state index in [-0.39, 0.29) is 10.9 Å². The van der Waals surface area contributed by atoms with Crippen molar-refractivity contribution in [2.45, 2.75) is 6.04 Å². The largest absolute Gasteiger partial charge is 0.344 e. The van der Waals surface area contributed by atoms with Crippen LogP contribution < -0.4 is 4.87 Å². The molecule has 1 N–H and O–H groups in total. The fourth-order valence-electron chi connectivity index (χ4n) is 2.03. The Hall–Kier alpha value is -1.60. The molecule has 0 aliphatic carbocycles. The maximum Gasteiger partial charge on any atom is 0.344 e. The molecule has 2 aliphatic heterocycles. The van der Waals surface area contributed by atoms with Crippen molar-refractivity contribution in [2.75, 3.05) is 13.1 Å².